The summed E-state index contributed by atoms with van der Waals surface area (Å²) in [5.41, 5.74) is 1.02. The normalized spacial score (nSPS) is 10.9. The molecule has 0 aliphatic rings. The van der Waals surface area contributed by atoms with Gasteiger partial charge in [0.1, 0.15) is 5.60 Å². The van der Waals surface area contributed by atoms with E-state index in [1.54, 1.807) is 12.1 Å². The standard InChI is InChI=1S/C12H17NO2/c1-12(2,3)15-11(14)9-6-5-7-10(8-9)13-4/h5-8,13H,1-4H3. The molecule has 0 amide bonds. The Kier molecular flexibility index (Phi) is 3.35. The number of anilines is 1. The lowest BCUT2D eigenvalue weighted by molar-refractivity contribution is 0.00696. The number of rotatable bonds is 2. The molecule has 15 heavy (non-hydrogen) atoms. The molecule has 0 fully saturated rings. The van der Waals surface area contributed by atoms with Crippen molar-refractivity contribution >= 4 is 11.7 Å². The van der Waals surface area contributed by atoms with Crippen molar-refractivity contribution in [1.29, 1.82) is 0 Å². The molecule has 1 rings (SSSR count). The topological polar surface area (TPSA) is 38.3 Å². The first kappa shape index (κ1) is 11.6. The fourth-order valence-corrected chi connectivity index (χ4v) is 1.14. The molecule has 0 heterocycles. The Morgan fingerprint density at radius 1 is 1.33 bits per heavy atom. The molecule has 1 N–H and O–H groups in total. The van der Waals surface area contributed by atoms with Crippen molar-refractivity contribution < 1.29 is 9.53 Å². The summed E-state index contributed by atoms with van der Waals surface area (Å²) in [4.78, 5) is 11.7. The number of nitrogens with one attached hydrogen (secondary N) is 1. The molecule has 3 nitrogen and oxygen atoms in total. The first-order valence-corrected chi connectivity index (χ1v) is 4.93. The molecule has 0 unspecified atom stereocenters. The van der Waals surface area contributed by atoms with Crippen LogP contribution in [-0.2, 0) is 4.74 Å². The van der Waals surface area contributed by atoms with Gasteiger partial charge >= 0.3 is 5.97 Å². The summed E-state index contributed by atoms with van der Waals surface area (Å²) in [5.74, 6) is -0.292. The van der Waals surface area contributed by atoms with Crippen LogP contribution >= 0.6 is 0 Å². The number of hydrogen-bond acceptors (Lipinski definition) is 3. The molecule has 82 valence electrons. The van der Waals surface area contributed by atoms with Crippen LogP contribution in [0.3, 0.4) is 0 Å². The van der Waals surface area contributed by atoms with Crippen LogP contribution in [0, 0.1) is 0 Å². The van der Waals surface area contributed by atoms with Gasteiger partial charge in [0.25, 0.3) is 0 Å². The molecule has 3 heteroatoms. The van der Waals surface area contributed by atoms with Crippen LogP contribution in [0.25, 0.3) is 0 Å². The van der Waals surface area contributed by atoms with Gasteiger partial charge in [-0.1, -0.05) is 6.07 Å². The van der Waals surface area contributed by atoms with Gasteiger partial charge in [-0.15, -0.1) is 0 Å². The predicted octanol–water partition coefficient (Wildman–Crippen LogP) is 2.68. The van der Waals surface area contributed by atoms with Crippen LogP contribution in [-0.4, -0.2) is 18.6 Å². The first-order chi connectivity index (χ1) is 6.92. The molecule has 0 bridgehead atoms. The highest BCUT2D eigenvalue weighted by Crippen LogP contribution is 2.15. The fourth-order valence-electron chi connectivity index (χ4n) is 1.14. The first-order valence-electron chi connectivity index (χ1n) is 4.93. The van der Waals surface area contributed by atoms with E-state index in [1.807, 2.05) is 40.0 Å². The smallest absolute Gasteiger partial charge is 0.338 e. The molecule has 1 aromatic carbocycles. The number of hydrogen-bond donors (Lipinski definition) is 1. The van der Waals surface area contributed by atoms with Crippen LogP contribution in [0.15, 0.2) is 24.3 Å². The Hall–Kier alpha value is -1.51. The van der Waals surface area contributed by atoms with E-state index in [-0.39, 0.29) is 5.97 Å². The zero-order valence-electron chi connectivity index (χ0n) is 9.63. The second kappa shape index (κ2) is 4.34. The molecule has 0 spiro atoms. The lowest BCUT2D eigenvalue weighted by Gasteiger charge is -2.19. The maximum Gasteiger partial charge on any atom is 0.338 e. The van der Waals surface area contributed by atoms with E-state index in [9.17, 15) is 4.79 Å². The molecule has 0 saturated carbocycles. The molecule has 0 saturated heterocycles. The van der Waals surface area contributed by atoms with Gasteiger partial charge in [-0.2, -0.15) is 0 Å². The van der Waals surface area contributed by atoms with Crippen LogP contribution in [0.2, 0.25) is 0 Å². The molecule has 0 aliphatic heterocycles. The van der Waals surface area contributed by atoms with E-state index in [1.165, 1.54) is 0 Å². The molecular formula is C12H17NO2. The summed E-state index contributed by atoms with van der Waals surface area (Å²) >= 11 is 0. The predicted molar refractivity (Wildman–Crippen MR) is 61.2 cm³/mol. The van der Waals surface area contributed by atoms with E-state index >= 15 is 0 Å². The van der Waals surface area contributed by atoms with Crippen molar-refractivity contribution in [2.45, 2.75) is 26.4 Å². The Balaban J connectivity index is 2.82. The summed E-state index contributed by atoms with van der Waals surface area (Å²) in [5, 5.41) is 2.98. The molecule has 0 aromatic heterocycles. The van der Waals surface area contributed by atoms with Crippen LogP contribution < -0.4 is 5.32 Å². The van der Waals surface area contributed by atoms with E-state index in [2.05, 4.69) is 5.32 Å². The monoisotopic (exact) mass is 207 g/mol. The number of carbonyl (C=O) groups excluding carboxylic acids is 1. The summed E-state index contributed by atoms with van der Waals surface area (Å²) in [6.45, 7) is 5.56. The lowest BCUT2D eigenvalue weighted by Crippen LogP contribution is -2.23. The minimum atomic E-state index is -0.452. The van der Waals surface area contributed by atoms with E-state index in [4.69, 9.17) is 4.74 Å². The molecule has 0 aliphatic carbocycles. The van der Waals surface area contributed by atoms with Gasteiger partial charge in [-0.3, -0.25) is 0 Å². The van der Waals surface area contributed by atoms with Crippen molar-refractivity contribution in [1.82, 2.24) is 0 Å². The average Bonchev–Trinajstić information content (AvgIpc) is 2.15. The number of carbonyl (C=O) groups is 1. The van der Waals surface area contributed by atoms with E-state index in [0.717, 1.165) is 5.69 Å². The summed E-state index contributed by atoms with van der Waals surface area (Å²) in [6.07, 6.45) is 0. The zero-order chi connectivity index (χ0) is 11.5. The Morgan fingerprint density at radius 2 is 2.00 bits per heavy atom. The highest BCUT2D eigenvalue weighted by Gasteiger charge is 2.17. The molecular weight excluding hydrogens is 190 g/mol. The summed E-state index contributed by atoms with van der Waals surface area (Å²) in [6, 6.07) is 7.24. The van der Waals surface area contributed by atoms with Crippen molar-refractivity contribution in [2.24, 2.45) is 0 Å². The summed E-state index contributed by atoms with van der Waals surface area (Å²) < 4.78 is 5.26. The van der Waals surface area contributed by atoms with Crippen molar-refractivity contribution in [3.05, 3.63) is 29.8 Å². The van der Waals surface area contributed by atoms with Gasteiger partial charge in [0.15, 0.2) is 0 Å². The van der Waals surface area contributed by atoms with Crippen molar-refractivity contribution in [3.63, 3.8) is 0 Å². The van der Waals surface area contributed by atoms with E-state index in [0.29, 0.717) is 5.56 Å². The largest absolute Gasteiger partial charge is 0.456 e. The van der Waals surface area contributed by atoms with Crippen LogP contribution in [0.5, 0.6) is 0 Å². The minimum absolute atomic E-state index is 0.292. The number of benzene rings is 1. The second-order valence-electron chi connectivity index (χ2n) is 4.33. The van der Waals surface area contributed by atoms with Gasteiger partial charge in [-0.05, 0) is 39.0 Å². The SMILES string of the molecule is CNc1cccc(C(=O)OC(C)(C)C)c1. The molecule has 1 aromatic rings. The number of ether oxygens (including phenoxy) is 1. The molecule has 0 radical (unpaired) electrons. The maximum absolute atomic E-state index is 11.7. The zero-order valence-corrected chi connectivity index (χ0v) is 9.63. The average molecular weight is 207 g/mol. The Bertz CT molecular complexity index is 353. The fraction of sp³-hybridized carbons (Fsp3) is 0.417. The Morgan fingerprint density at radius 3 is 2.53 bits per heavy atom. The highest BCUT2D eigenvalue weighted by molar-refractivity contribution is 5.90. The maximum atomic E-state index is 11.7. The van der Waals surface area contributed by atoms with Gasteiger partial charge in [0, 0.05) is 12.7 Å². The van der Waals surface area contributed by atoms with Crippen molar-refractivity contribution in [3.8, 4) is 0 Å². The second-order valence-corrected chi connectivity index (χ2v) is 4.33. The third kappa shape index (κ3) is 3.62. The lowest BCUT2D eigenvalue weighted by atomic mass is 10.1. The van der Waals surface area contributed by atoms with E-state index < -0.39 is 5.60 Å². The molecule has 0 atom stereocenters. The van der Waals surface area contributed by atoms with Gasteiger partial charge in [0.2, 0.25) is 0 Å². The number of esters is 1. The van der Waals surface area contributed by atoms with Gasteiger partial charge in [0.05, 0.1) is 5.56 Å². The highest BCUT2D eigenvalue weighted by atomic mass is 16.6. The summed E-state index contributed by atoms with van der Waals surface area (Å²) in [7, 11) is 1.81. The third-order valence-corrected chi connectivity index (χ3v) is 1.79. The van der Waals surface area contributed by atoms with Crippen LogP contribution in [0.4, 0.5) is 5.69 Å². The quantitative estimate of drug-likeness (QED) is 0.758. The van der Waals surface area contributed by atoms with Crippen LogP contribution in [0.1, 0.15) is 31.1 Å². The minimum Gasteiger partial charge on any atom is -0.456 e. The van der Waals surface area contributed by atoms with Gasteiger partial charge in [-0.25, -0.2) is 4.79 Å². The third-order valence-electron chi connectivity index (χ3n) is 1.79. The van der Waals surface area contributed by atoms with Crippen molar-refractivity contribution in [2.75, 3.05) is 12.4 Å². The van der Waals surface area contributed by atoms with Gasteiger partial charge < -0.3 is 10.1 Å². The Labute approximate surface area is 90.4 Å².